The fraction of sp³-hybridized carbons (Fsp3) is 0.346. The highest BCUT2D eigenvalue weighted by atomic mass is 19.1. The van der Waals surface area contributed by atoms with Crippen LogP contribution in [0, 0.1) is 5.82 Å². The molecule has 9 heteroatoms. The van der Waals surface area contributed by atoms with Crippen LogP contribution < -0.4 is 5.32 Å². The van der Waals surface area contributed by atoms with Gasteiger partial charge in [0, 0.05) is 46.3 Å². The van der Waals surface area contributed by atoms with E-state index < -0.39 is 18.2 Å². The molecule has 2 saturated heterocycles. The first kappa shape index (κ1) is 23.0. The van der Waals surface area contributed by atoms with Gasteiger partial charge in [-0.05, 0) is 23.3 Å². The van der Waals surface area contributed by atoms with Crippen molar-refractivity contribution in [1.29, 1.82) is 0 Å². The third-order valence-corrected chi connectivity index (χ3v) is 6.73. The SMILES string of the molecule is CN1C(=O)NC(=O)C2C1N=C(N1CCN(C/C=C/c3ccccc3)CC1)N2Cc1ccc(F)cc1. The predicted molar refractivity (Wildman–Crippen MR) is 132 cm³/mol. The molecule has 8 nitrogen and oxygen atoms in total. The fourth-order valence-corrected chi connectivity index (χ4v) is 4.76. The molecule has 0 aromatic heterocycles. The fourth-order valence-electron chi connectivity index (χ4n) is 4.76. The number of amides is 3. The van der Waals surface area contributed by atoms with Crippen LogP contribution in [0.25, 0.3) is 6.08 Å². The van der Waals surface area contributed by atoms with Gasteiger partial charge in [-0.15, -0.1) is 0 Å². The van der Waals surface area contributed by atoms with E-state index in [0.29, 0.717) is 12.5 Å². The minimum atomic E-state index is -0.621. The van der Waals surface area contributed by atoms with E-state index in [-0.39, 0.29) is 11.7 Å². The summed E-state index contributed by atoms with van der Waals surface area (Å²) in [7, 11) is 1.65. The summed E-state index contributed by atoms with van der Waals surface area (Å²) in [6, 6.07) is 15.4. The molecule has 35 heavy (non-hydrogen) atoms. The van der Waals surface area contributed by atoms with Gasteiger partial charge in [-0.25, -0.2) is 14.2 Å². The van der Waals surface area contributed by atoms with Crippen molar-refractivity contribution in [3.63, 3.8) is 0 Å². The molecule has 3 heterocycles. The first-order valence-electron chi connectivity index (χ1n) is 11.8. The number of aliphatic imine (C=N–C) groups is 1. The van der Waals surface area contributed by atoms with Crippen molar-refractivity contribution in [2.45, 2.75) is 18.8 Å². The highest BCUT2D eigenvalue weighted by Gasteiger charge is 2.49. The van der Waals surface area contributed by atoms with E-state index in [2.05, 4.69) is 39.4 Å². The third kappa shape index (κ3) is 4.90. The number of urea groups is 1. The highest BCUT2D eigenvalue weighted by molar-refractivity contribution is 6.03. The van der Waals surface area contributed by atoms with Crippen molar-refractivity contribution < 1.29 is 14.0 Å². The van der Waals surface area contributed by atoms with Crippen molar-refractivity contribution in [3.05, 3.63) is 77.6 Å². The van der Waals surface area contributed by atoms with Gasteiger partial charge in [0.2, 0.25) is 0 Å². The second-order valence-electron chi connectivity index (χ2n) is 9.05. The van der Waals surface area contributed by atoms with Crippen molar-refractivity contribution in [1.82, 2.24) is 24.9 Å². The first-order chi connectivity index (χ1) is 17.0. The van der Waals surface area contributed by atoms with Crippen LogP contribution in [-0.2, 0) is 11.3 Å². The number of halogens is 1. The Bertz CT molecular complexity index is 1130. The summed E-state index contributed by atoms with van der Waals surface area (Å²) in [5.74, 6) is 0.0456. The summed E-state index contributed by atoms with van der Waals surface area (Å²) in [6.07, 6.45) is 3.73. The molecular formula is C26H29FN6O2. The second kappa shape index (κ2) is 9.87. The molecule has 5 rings (SSSR count). The summed E-state index contributed by atoms with van der Waals surface area (Å²) in [6.45, 7) is 4.50. The molecule has 0 aliphatic carbocycles. The molecule has 2 aromatic carbocycles. The minimum absolute atomic E-state index is 0.305. The van der Waals surface area contributed by atoms with E-state index in [4.69, 9.17) is 4.99 Å². The van der Waals surface area contributed by atoms with Gasteiger partial charge in [-0.1, -0.05) is 54.6 Å². The number of hydrogen-bond acceptors (Lipinski definition) is 6. The van der Waals surface area contributed by atoms with Gasteiger partial charge in [0.25, 0.3) is 5.91 Å². The largest absolute Gasteiger partial charge is 0.340 e. The lowest BCUT2D eigenvalue weighted by atomic mass is 10.1. The van der Waals surface area contributed by atoms with Crippen LogP contribution in [0.5, 0.6) is 0 Å². The number of imide groups is 1. The molecule has 3 aliphatic heterocycles. The van der Waals surface area contributed by atoms with Crippen molar-refractivity contribution in [3.8, 4) is 0 Å². The van der Waals surface area contributed by atoms with Crippen LogP contribution in [0.4, 0.5) is 9.18 Å². The molecule has 2 aromatic rings. The lowest BCUT2D eigenvalue weighted by molar-refractivity contribution is -0.127. The zero-order valence-corrected chi connectivity index (χ0v) is 19.7. The average molecular weight is 477 g/mol. The number of carbonyl (C=O) groups is 2. The zero-order chi connectivity index (χ0) is 24.4. The Labute approximate surface area is 204 Å². The molecular weight excluding hydrogens is 447 g/mol. The Balaban J connectivity index is 1.29. The summed E-state index contributed by atoms with van der Waals surface area (Å²) in [5.41, 5.74) is 2.05. The van der Waals surface area contributed by atoms with Crippen molar-refractivity contribution >= 4 is 24.0 Å². The molecule has 182 valence electrons. The van der Waals surface area contributed by atoms with E-state index in [0.717, 1.165) is 38.3 Å². The molecule has 0 radical (unpaired) electrons. The third-order valence-electron chi connectivity index (χ3n) is 6.73. The molecule has 2 atom stereocenters. The van der Waals surface area contributed by atoms with Crippen LogP contribution >= 0.6 is 0 Å². The Kier molecular flexibility index (Phi) is 6.50. The van der Waals surface area contributed by atoms with E-state index >= 15 is 0 Å². The normalized spacial score (nSPS) is 23.0. The van der Waals surface area contributed by atoms with E-state index in [9.17, 15) is 14.0 Å². The van der Waals surface area contributed by atoms with Crippen LogP contribution in [0.3, 0.4) is 0 Å². The van der Waals surface area contributed by atoms with Gasteiger partial charge in [0.15, 0.2) is 18.2 Å². The summed E-state index contributed by atoms with van der Waals surface area (Å²) in [4.78, 5) is 37.9. The summed E-state index contributed by atoms with van der Waals surface area (Å²) in [5, 5.41) is 2.43. The predicted octanol–water partition coefficient (Wildman–Crippen LogP) is 2.20. The molecule has 0 spiro atoms. The van der Waals surface area contributed by atoms with Crippen LogP contribution in [-0.4, -0.2) is 89.5 Å². The van der Waals surface area contributed by atoms with E-state index in [1.54, 1.807) is 19.2 Å². The maximum absolute atomic E-state index is 13.5. The Morgan fingerprint density at radius 3 is 2.46 bits per heavy atom. The molecule has 3 amide bonds. The molecule has 1 N–H and O–H groups in total. The quantitative estimate of drug-likeness (QED) is 0.717. The summed E-state index contributed by atoms with van der Waals surface area (Å²) >= 11 is 0. The van der Waals surface area contributed by atoms with E-state index in [1.807, 2.05) is 23.1 Å². The average Bonchev–Trinajstić information content (AvgIpc) is 3.25. The van der Waals surface area contributed by atoms with Gasteiger partial charge in [-0.3, -0.25) is 15.0 Å². The number of hydrogen-bond donors (Lipinski definition) is 1. The number of fused-ring (bicyclic) bond motifs is 1. The Morgan fingerprint density at radius 1 is 1.03 bits per heavy atom. The number of rotatable bonds is 5. The number of piperazine rings is 1. The monoisotopic (exact) mass is 476 g/mol. The number of benzene rings is 2. The van der Waals surface area contributed by atoms with Gasteiger partial charge < -0.3 is 14.7 Å². The van der Waals surface area contributed by atoms with Gasteiger partial charge in [0.1, 0.15) is 5.82 Å². The van der Waals surface area contributed by atoms with Gasteiger partial charge in [0.05, 0.1) is 0 Å². The highest BCUT2D eigenvalue weighted by Crippen LogP contribution is 2.27. The van der Waals surface area contributed by atoms with Crippen LogP contribution in [0.1, 0.15) is 11.1 Å². The number of nitrogens with one attached hydrogen (secondary N) is 1. The maximum Gasteiger partial charge on any atom is 0.325 e. The first-order valence-corrected chi connectivity index (χ1v) is 11.8. The lowest BCUT2D eigenvalue weighted by Crippen LogP contribution is -2.64. The molecule has 0 saturated carbocycles. The van der Waals surface area contributed by atoms with Gasteiger partial charge >= 0.3 is 6.03 Å². The van der Waals surface area contributed by atoms with E-state index in [1.165, 1.54) is 22.6 Å². The number of guanidine groups is 1. The topological polar surface area (TPSA) is 71.5 Å². The van der Waals surface area contributed by atoms with Crippen molar-refractivity contribution in [2.24, 2.45) is 4.99 Å². The standard InChI is InChI=1S/C26H29FN6O2/c1-30-23-22(24(34)29-26(30)35)33(18-20-9-11-21(27)12-10-20)25(28-23)32-16-14-31(15-17-32)13-5-8-19-6-3-2-4-7-19/h2-12,22-23H,13-18H2,1H3,(H,29,34,35)/b8-5+. The zero-order valence-electron chi connectivity index (χ0n) is 19.7. The second-order valence-corrected chi connectivity index (χ2v) is 9.05. The molecule has 0 bridgehead atoms. The Morgan fingerprint density at radius 2 is 1.74 bits per heavy atom. The lowest BCUT2D eigenvalue weighted by Gasteiger charge is -2.40. The van der Waals surface area contributed by atoms with Gasteiger partial charge in [-0.2, -0.15) is 0 Å². The number of carbonyl (C=O) groups excluding carboxylic acids is 2. The van der Waals surface area contributed by atoms with Crippen LogP contribution in [0.15, 0.2) is 65.7 Å². The number of nitrogens with zero attached hydrogens (tertiary/aromatic N) is 5. The smallest absolute Gasteiger partial charge is 0.325 e. The van der Waals surface area contributed by atoms with Crippen LogP contribution in [0.2, 0.25) is 0 Å². The summed E-state index contributed by atoms with van der Waals surface area (Å²) < 4.78 is 13.5. The molecule has 3 aliphatic rings. The Hall–Kier alpha value is -3.72. The maximum atomic E-state index is 13.5. The molecule has 2 unspecified atom stereocenters. The molecule has 2 fully saturated rings. The minimum Gasteiger partial charge on any atom is -0.340 e. The van der Waals surface area contributed by atoms with Crippen molar-refractivity contribution in [2.75, 3.05) is 39.8 Å². The number of likely N-dealkylation sites (N-methyl/N-ethyl adjacent to an activating group) is 1.